The van der Waals surface area contributed by atoms with Gasteiger partial charge < -0.3 is 14.4 Å². The third kappa shape index (κ3) is 4.61. The fourth-order valence-corrected chi connectivity index (χ4v) is 1.55. The van der Waals surface area contributed by atoms with E-state index in [9.17, 15) is 9.90 Å². The van der Waals surface area contributed by atoms with Crippen molar-refractivity contribution in [1.29, 1.82) is 0 Å². The molecule has 0 saturated heterocycles. The Bertz CT molecular complexity index is 320. The van der Waals surface area contributed by atoms with Crippen LogP contribution in [0.5, 0.6) is 0 Å². The third-order valence-corrected chi connectivity index (χ3v) is 2.37. The zero-order valence-electron chi connectivity index (χ0n) is 9.27. The van der Waals surface area contributed by atoms with Gasteiger partial charge in [-0.3, -0.25) is 0 Å². The molecule has 0 heterocycles. The van der Waals surface area contributed by atoms with Crippen LogP contribution in [0, 0.1) is 0 Å². The molecule has 0 aliphatic rings. The lowest BCUT2D eigenvalue weighted by molar-refractivity contribution is -0.903. The molecule has 0 N–H and O–H groups in total. The molecule has 0 atom stereocenters. The van der Waals surface area contributed by atoms with Gasteiger partial charge in [0.05, 0.1) is 20.6 Å². The normalized spacial score (nSPS) is 11.3. The van der Waals surface area contributed by atoms with Gasteiger partial charge >= 0.3 is 0 Å². The molecule has 0 amide bonds. The van der Waals surface area contributed by atoms with Gasteiger partial charge in [-0.05, 0) is 0 Å². The van der Waals surface area contributed by atoms with Gasteiger partial charge in [-0.15, -0.1) is 0 Å². The molecule has 0 fully saturated rings. The first-order chi connectivity index (χ1) is 6.99. The number of carboxylic acid groups (broad SMARTS) is 1. The molecular weight excluding hydrogens is 190 g/mol. The summed E-state index contributed by atoms with van der Waals surface area (Å²) in [6, 6.07) is 10.1. The second kappa shape index (κ2) is 4.94. The first kappa shape index (κ1) is 11.7. The number of carbonyl (C=O) groups is 1. The SMILES string of the molecule is C[N+](C)(CCC(=O)[O-])Cc1ccccc1. The fraction of sp³-hybridized carbons (Fsp3) is 0.417. The van der Waals surface area contributed by atoms with Crippen molar-refractivity contribution < 1.29 is 14.4 Å². The topological polar surface area (TPSA) is 40.1 Å². The van der Waals surface area contributed by atoms with Gasteiger partial charge in [-0.25, -0.2) is 0 Å². The van der Waals surface area contributed by atoms with Crippen molar-refractivity contribution in [2.24, 2.45) is 0 Å². The van der Waals surface area contributed by atoms with E-state index < -0.39 is 5.97 Å². The summed E-state index contributed by atoms with van der Waals surface area (Å²) in [7, 11) is 4.05. The molecule has 0 unspecified atom stereocenters. The maximum Gasteiger partial charge on any atom is 0.104 e. The number of nitrogens with zero attached hydrogens (tertiary/aromatic N) is 1. The minimum atomic E-state index is -0.978. The van der Waals surface area contributed by atoms with Crippen LogP contribution in [-0.4, -0.2) is 31.1 Å². The average Bonchev–Trinajstić information content (AvgIpc) is 2.16. The molecule has 82 valence electrons. The van der Waals surface area contributed by atoms with Gasteiger partial charge in [0.1, 0.15) is 6.54 Å². The maximum atomic E-state index is 10.4. The predicted molar refractivity (Wildman–Crippen MR) is 56.7 cm³/mol. The van der Waals surface area contributed by atoms with Crippen molar-refractivity contribution in [1.82, 2.24) is 0 Å². The zero-order chi connectivity index (χ0) is 11.3. The Morgan fingerprint density at radius 3 is 2.40 bits per heavy atom. The minimum Gasteiger partial charge on any atom is -0.550 e. The largest absolute Gasteiger partial charge is 0.550 e. The van der Waals surface area contributed by atoms with Crippen molar-refractivity contribution in [3.05, 3.63) is 35.9 Å². The summed E-state index contributed by atoms with van der Waals surface area (Å²) >= 11 is 0. The van der Waals surface area contributed by atoms with E-state index in [1.807, 2.05) is 32.3 Å². The monoisotopic (exact) mass is 207 g/mol. The van der Waals surface area contributed by atoms with E-state index >= 15 is 0 Å². The van der Waals surface area contributed by atoms with E-state index in [-0.39, 0.29) is 6.42 Å². The lowest BCUT2D eigenvalue weighted by Gasteiger charge is -2.30. The average molecular weight is 207 g/mol. The Morgan fingerprint density at radius 2 is 1.87 bits per heavy atom. The number of carboxylic acids is 1. The number of carbonyl (C=O) groups excluding carboxylic acids is 1. The van der Waals surface area contributed by atoms with Crippen LogP contribution in [0.2, 0.25) is 0 Å². The molecule has 0 aliphatic carbocycles. The Kier molecular flexibility index (Phi) is 3.86. The summed E-state index contributed by atoms with van der Waals surface area (Å²) in [5.74, 6) is -0.978. The predicted octanol–water partition coefficient (Wildman–Crippen LogP) is 0.403. The molecule has 15 heavy (non-hydrogen) atoms. The van der Waals surface area contributed by atoms with Crippen LogP contribution < -0.4 is 5.11 Å². The van der Waals surface area contributed by atoms with E-state index in [0.717, 1.165) is 6.54 Å². The van der Waals surface area contributed by atoms with Crippen molar-refractivity contribution in [2.75, 3.05) is 20.6 Å². The van der Waals surface area contributed by atoms with Crippen LogP contribution in [0.4, 0.5) is 0 Å². The molecule has 3 nitrogen and oxygen atoms in total. The van der Waals surface area contributed by atoms with Crippen LogP contribution in [-0.2, 0) is 11.3 Å². The number of aliphatic carboxylic acids is 1. The number of hydrogen-bond acceptors (Lipinski definition) is 2. The molecule has 0 aromatic heterocycles. The molecular formula is C12H17NO2. The Labute approximate surface area is 90.5 Å². The van der Waals surface area contributed by atoms with E-state index in [0.29, 0.717) is 11.0 Å². The van der Waals surface area contributed by atoms with Crippen LogP contribution >= 0.6 is 0 Å². The van der Waals surface area contributed by atoms with E-state index in [1.54, 1.807) is 0 Å². The molecule has 0 bridgehead atoms. The van der Waals surface area contributed by atoms with Crippen LogP contribution in [0.15, 0.2) is 30.3 Å². The summed E-state index contributed by atoms with van der Waals surface area (Å²) in [5.41, 5.74) is 1.22. The lowest BCUT2D eigenvalue weighted by Crippen LogP contribution is -2.42. The number of hydrogen-bond donors (Lipinski definition) is 0. The highest BCUT2D eigenvalue weighted by molar-refractivity contribution is 5.64. The number of quaternary nitrogens is 1. The molecule has 1 rings (SSSR count). The minimum absolute atomic E-state index is 0.111. The Morgan fingerprint density at radius 1 is 1.27 bits per heavy atom. The van der Waals surface area contributed by atoms with E-state index in [4.69, 9.17) is 0 Å². The number of rotatable bonds is 5. The van der Waals surface area contributed by atoms with Crippen LogP contribution in [0.3, 0.4) is 0 Å². The number of benzene rings is 1. The molecule has 1 aromatic rings. The smallest absolute Gasteiger partial charge is 0.104 e. The van der Waals surface area contributed by atoms with Crippen molar-refractivity contribution >= 4 is 5.97 Å². The van der Waals surface area contributed by atoms with Crippen LogP contribution in [0.1, 0.15) is 12.0 Å². The lowest BCUT2D eigenvalue weighted by atomic mass is 10.2. The van der Waals surface area contributed by atoms with Crippen molar-refractivity contribution in [2.45, 2.75) is 13.0 Å². The molecule has 0 spiro atoms. The summed E-state index contributed by atoms with van der Waals surface area (Å²) in [6.45, 7) is 1.44. The third-order valence-electron chi connectivity index (χ3n) is 2.37. The maximum absolute atomic E-state index is 10.4. The van der Waals surface area contributed by atoms with Gasteiger partial charge in [0.25, 0.3) is 0 Å². The van der Waals surface area contributed by atoms with E-state index in [1.165, 1.54) is 5.56 Å². The molecule has 1 aromatic carbocycles. The molecule has 0 radical (unpaired) electrons. The summed E-state index contributed by atoms with van der Waals surface area (Å²) in [4.78, 5) is 10.4. The first-order valence-electron chi connectivity index (χ1n) is 5.05. The fourth-order valence-electron chi connectivity index (χ4n) is 1.55. The van der Waals surface area contributed by atoms with Gasteiger partial charge in [-0.1, -0.05) is 30.3 Å². The van der Waals surface area contributed by atoms with E-state index in [2.05, 4.69) is 12.1 Å². The highest BCUT2D eigenvalue weighted by Gasteiger charge is 2.15. The van der Waals surface area contributed by atoms with Crippen molar-refractivity contribution in [3.63, 3.8) is 0 Å². The zero-order valence-corrected chi connectivity index (χ0v) is 9.27. The standard InChI is InChI=1S/C12H17NO2/c1-13(2,9-8-12(14)15)10-11-6-4-3-5-7-11/h3-7H,8-10H2,1-2H3. The second-order valence-corrected chi connectivity index (χ2v) is 4.43. The Hall–Kier alpha value is -1.35. The molecule has 0 aliphatic heterocycles. The van der Waals surface area contributed by atoms with Gasteiger partial charge in [0, 0.05) is 18.0 Å². The second-order valence-electron chi connectivity index (χ2n) is 4.43. The summed E-state index contributed by atoms with van der Waals surface area (Å²) in [5, 5.41) is 10.4. The van der Waals surface area contributed by atoms with Crippen LogP contribution in [0.25, 0.3) is 0 Å². The molecule has 0 saturated carbocycles. The summed E-state index contributed by atoms with van der Waals surface area (Å²) < 4.78 is 0.665. The van der Waals surface area contributed by atoms with Gasteiger partial charge in [0.15, 0.2) is 0 Å². The first-order valence-corrected chi connectivity index (χ1v) is 5.05. The van der Waals surface area contributed by atoms with Crippen molar-refractivity contribution in [3.8, 4) is 0 Å². The van der Waals surface area contributed by atoms with Gasteiger partial charge in [-0.2, -0.15) is 0 Å². The molecule has 3 heteroatoms. The highest BCUT2D eigenvalue weighted by Crippen LogP contribution is 2.09. The van der Waals surface area contributed by atoms with Gasteiger partial charge in [0.2, 0.25) is 0 Å². The quantitative estimate of drug-likeness (QED) is 0.656. The highest BCUT2D eigenvalue weighted by atomic mass is 16.4. The summed E-state index contributed by atoms with van der Waals surface area (Å²) in [6.07, 6.45) is 0.111. The Balaban J connectivity index is 2.52.